The molecule has 2 atom stereocenters. The van der Waals surface area contributed by atoms with Gasteiger partial charge in [-0.15, -0.1) is 10.2 Å². The Bertz CT molecular complexity index is 1420. The molecule has 40 heavy (non-hydrogen) atoms. The molecule has 1 amide bonds. The van der Waals surface area contributed by atoms with Crippen molar-refractivity contribution in [1.82, 2.24) is 19.7 Å². The zero-order valence-corrected chi connectivity index (χ0v) is 22.7. The highest BCUT2D eigenvalue weighted by molar-refractivity contribution is 6.10. The molecule has 0 bridgehead atoms. The molecular formula is C29H32F3N5O3. The second kappa shape index (κ2) is 9.97. The summed E-state index contributed by atoms with van der Waals surface area (Å²) in [5.74, 6) is 0.389. The van der Waals surface area contributed by atoms with Gasteiger partial charge in [-0.3, -0.25) is 9.69 Å². The van der Waals surface area contributed by atoms with Gasteiger partial charge < -0.3 is 18.9 Å². The zero-order valence-electron chi connectivity index (χ0n) is 22.7. The van der Waals surface area contributed by atoms with Gasteiger partial charge in [-0.2, -0.15) is 13.2 Å². The standard InChI is InChI=1S/C29H32F3N5O3/c1-18-11-36(12-19(2)40-18)13-20-7-23-24(25(8-20)29(30,31)32)14-37(27(23)38)22-6-4-5-21(9-22)28(15-39-16-28)10-26-34-33-17-35(26)3/h4-9,17-19H,10-16H2,1-3H3/t18-,19+. The van der Waals surface area contributed by atoms with Gasteiger partial charge in [0.1, 0.15) is 12.2 Å². The quantitative estimate of drug-likeness (QED) is 0.456. The highest BCUT2D eigenvalue weighted by Gasteiger charge is 2.43. The van der Waals surface area contributed by atoms with E-state index >= 15 is 0 Å². The number of anilines is 1. The number of ether oxygens (including phenoxy) is 2. The lowest BCUT2D eigenvalue weighted by molar-refractivity contribution is -0.138. The van der Waals surface area contributed by atoms with E-state index in [0.717, 1.165) is 11.4 Å². The molecule has 4 heterocycles. The number of alkyl halides is 3. The van der Waals surface area contributed by atoms with E-state index in [4.69, 9.17) is 9.47 Å². The molecule has 3 aliphatic heterocycles. The summed E-state index contributed by atoms with van der Waals surface area (Å²) in [4.78, 5) is 17.2. The Morgan fingerprint density at radius 2 is 1.85 bits per heavy atom. The molecule has 0 radical (unpaired) electrons. The predicted molar refractivity (Wildman–Crippen MR) is 141 cm³/mol. The summed E-state index contributed by atoms with van der Waals surface area (Å²) in [5, 5.41) is 8.18. The van der Waals surface area contributed by atoms with Gasteiger partial charge >= 0.3 is 6.18 Å². The summed E-state index contributed by atoms with van der Waals surface area (Å²) >= 11 is 0. The fourth-order valence-corrected chi connectivity index (χ4v) is 6.19. The van der Waals surface area contributed by atoms with Crippen LogP contribution in [0.4, 0.5) is 18.9 Å². The fraction of sp³-hybridized carbons (Fsp3) is 0.483. The molecule has 2 fully saturated rings. The molecule has 212 valence electrons. The summed E-state index contributed by atoms with van der Waals surface area (Å²) in [5.41, 5.74) is 1.05. The lowest BCUT2D eigenvalue weighted by Crippen LogP contribution is -2.49. The number of aryl methyl sites for hydroxylation is 1. The number of fused-ring (bicyclic) bond motifs is 1. The van der Waals surface area contributed by atoms with Gasteiger partial charge in [-0.05, 0) is 54.8 Å². The Morgan fingerprint density at radius 3 is 2.48 bits per heavy atom. The lowest BCUT2D eigenvalue weighted by Gasteiger charge is -2.42. The maximum atomic E-state index is 14.3. The Kier molecular flexibility index (Phi) is 6.71. The average Bonchev–Trinajstić information content (AvgIpc) is 3.42. The third-order valence-electron chi connectivity index (χ3n) is 8.14. The first-order valence-corrected chi connectivity index (χ1v) is 13.5. The van der Waals surface area contributed by atoms with Crippen molar-refractivity contribution in [2.75, 3.05) is 31.2 Å². The van der Waals surface area contributed by atoms with E-state index in [-0.39, 0.29) is 35.3 Å². The molecule has 1 aromatic heterocycles. The minimum absolute atomic E-state index is 0.0114. The molecule has 3 aromatic rings. The number of hydrogen-bond acceptors (Lipinski definition) is 6. The molecular weight excluding hydrogens is 523 g/mol. The molecule has 8 nitrogen and oxygen atoms in total. The number of hydrogen-bond donors (Lipinski definition) is 0. The normalized spacial score (nSPS) is 22.9. The molecule has 0 saturated carbocycles. The summed E-state index contributed by atoms with van der Waals surface area (Å²) in [6.45, 7) is 6.30. The van der Waals surface area contributed by atoms with Crippen LogP contribution in [-0.2, 0) is 47.6 Å². The van der Waals surface area contributed by atoms with Crippen LogP contribution in [0.3, 0.4) is 0 Å². The van der Waals surface area contributed by atoms with Crippen LogP contribution in [0.15, 0.2) is 42.7 Å². The largest absolute Gasteiger partial charge is 0.416 e. The predicted octanol–water partition coefficient (Wildman–Crippen LogP) is 4.11. The van der Waals surface area contributed by atoms with E-state index in [9.17, 15) is 18.0 Å². The van der Waals surface area contributed by atoms with Crippen molar-refractivity contribution in [1.29, 1.82) is 0 Å². The second-order valence-electron chi connectivity index (χ2n) is 11.4. The van der Waals surface area contributed by atoms with Crippen LogP contribution in [0.25, 0.3) is 0 Å². The van der Waals surface area contributed by atoms with E-state index in [1.807, 2.05) is 43.7 Å². The maximum Gasteiger partial charge on any atom is 0.416 e. The SMILES string of the molecule is C[C@@H]1CN(Cc2cc3c(c(C(F)(F)F)c2)CN(c2cccc(C4(Cc5nncn5C)COC4)c2)C3=O)C[C@H](C)O1. The minimum atomic E-state index is -4.58. The monoisotopic (exact) mass is 555 g/mol. The smallest absolute Gasteiger partial charge is 0.379 e. The highest BCUT2D eigenvalue weighted by atomic mass is 19.4. The zero-order chi connectivity index (χ0) is 28.2. The van der Waals surface area contributed by atoms with Crippen LogP contribution < -0.4 is 4.90 Å². The van der Waals surface area contributed by atoms with Crippen molar-refractivity contribution < 1.29 is 27.4 Å². The van der Waals surface area contributed by atoms with Crippen LogP contribution in [0, 0.1) is 0 Å². The Hall–Kier alpha value is -3.28. The van der Waals surface area contributed by atoms with Gasteiger partial charge in [0.05, 0.1) is 37.5 Å². The fourth-order valence-electron chi connectivity index (χ4n) is 6.19. The van der Waals surface area contributed by atoms with Crippen molar-refractivity contribution in [3.63, 3.8) is 0 Å². The van der Waals surface area contributed by atoms with Crippen LogP contribution in [0.2, 0.25) is 0 Å². The molecule has 2 aromatic carbocycles. The minimum Gasteiger partial charge on any atom is -0.379 e. The number of benzene rings is 2. The maximum absolute atomic E-state index is 14.3. The van der Waals surface area contributed by atoms with E-state index in [1.165, 1.54) is 11.0 Å². The summed E-state index contributed by atoms with van der Waals surface area (Å²) < 4.78 is 56.1. The third kappa shape index (κ3) is 4.90. The van der Waals surface area contributed by atoms with E-state index < -0.39 is 17.6 Å². The van der Waals surface area contributed by atoms with E-state index in [1.54, 1.807) is 18.5 Å². The molecule has 11 heteroatoms. The van der Waals surface area contributed by atoms with Gasteiger partial charge in [0.25, 0.3) is 5.91 Å². The number of carbonyl (C=O) groups excluding carboxylic acids is 1. The Labute approximate surface area is 230 Å². The number of halogens is 3. The topological polar surface area (TPSA) is 72.7 Å². The van der Waals surface area contributed by atoms with Gasteiger partial charge in [-0.1, -0.05) is 12.1 Å². The Morgan fingerprint density at radius 1 is 1.10 bits per heavy atom. The first-order valence-electron chi connectivity index (χ1n) is 13.5. The number of nitrogens with zero attached hydrogens (tertiary/aromatic N) is 5. The van der Waals surface area contributed by atoms with Gasteiger partial charge in [0.15, 0.2) is 0 Å². The summed E-state index contributed by atoms with van der Waals surface area (Å²) in [6.07, 6.45) is -2.36. The van der Waals surface area contributed by atoms with Crippen molar-refractivity contribution >= 4 is 11.6 Å². The summed E-state index contributed by atoms with van der Waals surface area (Å²) in [7, 11) is 1.88. The van der Waals surface area contributed by atoms with Gasteiger partial charge in [-0.25, -0.2) is 0 Å². The lowest BCUT2D eigenvalue weighted by atomic mass is 9.75. The van der Waals surface area contributed by atoms with Gasteiger partial charge in [0.2, 0.25) is 0 Å². The van der Waals surface area contributed by atoms with Crippen LogP contribution in [0.1, 0.15) is 52.3 Å². The second-order valence-corrected chi connectivity index (χ2v) is 11.4. The molecule has 6 rings (SSSR count). The highest BCUT2D eigenvalue weighted by Crippen LogP contribution is 2.42. The number of morpholine rings is 1. The molecule has 0 spiro atoms. The molecule has 0 N–H and O–H groups in total. The molecule has 3 aliphatic rings. The molecule has 0 aliphatic carbocycles. The van der Waals surface area contributed by atoms with E-state index in [2.05, 4.69) is 15.1 Å². The summed E-state index contributed by atoms with van der Waals surface area (Å²) in [6, 6.07) is 10.3. The van der Waals surface area contributed by atoms with Crippen molar-refractivity contribution in [3.05, 3.63) is 76.4 Å². The number of amides is 1. The van der Waals surface area contributed by atoms with Crippen LogP contribution in [-0.4, -0.2) is 64.1 Å². The van der Waals surface area contributed by atoms with Crippen LogP contribution in [0.5, 0.6) is 0 Å². The van der Waals surface area contributed by atoms with Gasteiger partial charge in [0, 0.05) is 49.8 Å². The number of carbonyl (C=O) groups is 1. The van der Waals surface area contributed by atoms with Crippen molar-refractivity contribution in [3.8, 4) is 0 Å². The van der Waals surface area contributed by atoms with Crippen LogP contribution >= 0.6 is 0 Å². The average molecular weight is 556 g/mol. The van der Waals surface area contributed by atoms with Crippen molar-refractivity contribution in [2.45, 2.75) is 57.2 Å². The first-order chi connectivity index (χ1) is 19.0. The number of aromatic nitrogens is 3. The molecule has 0 unspecified atom stereocenters. The molecule has 2 saturated heterocycles. The van der Waals surface area contributed by atoms with Crippen molar-refractivity contribution in [2.24, 2.45) is 7.05 Å². The first kappa shape index (κ1) is 26.9. The number of rotatable bonds is 6. The third-order valence-corrected chi connectivity index (χ3v) is 8.14. The van der Waals surface area contributed by atoms with E-state index in [0.29, 0.717) is 50.5 Å². The Balaban J connectivity index is 1.30.